The van der Waals surface area contributed by atoms with Crippen LogP contribution >= 0.6 is 34.8 Å². The molecule has 0 spiro atoms. The van der Waals surface area contributed by atoms with Gasteiger partial charge < -0.3 is 60.6 Å². The molecule has 8 aliphatic rings. The van der Waals surface area contributed by atoms with E-state index in [1.165, 1.54) is 35.6 Å². The van der Waals surface area contributed by atoms with Crippen LogP contribution in [0.1, 0.15) is 126 Å². The number of hydrogen-bond acceptors (Lipinski definition) is 17. The third-order valence-electron chi connectivity index (χ3n) is 27.4. The molecule has 30 heteroatoms. The van der Waals surface area contributed by atoms with Crippen LogP contribution in [-0.2, 0) is 68.9 Å². The quantitative estimate of drug-likeness (QED) is 0.0565. The van der Waals surface area contributed by atoms with Gasteiger partial charge in [-0.05, 0) is 225 Å². The lowest BCUT2D eigenvalue weighted by Gasteiger charge is -2.21. The van der Waals surface area contributed by atoms with Gasteiger partial charge in [-0.25, -0.2) is 0 Å². The molecular formula is C120H108Cl3N15O12. The van der Waals surface area contributed by atoms with E-state index in [9.17, 15) is 47.9 Å². The van der Waals surface area contributed by atoms with Crippen molar-refractivity contribution >= 4 is 146 Å². The van der Waals surface area contributed by atoms with Crippen LogP contribution in [0.4, 0.5) is 28.4 Å². The zero-order chi connectivity index (χ0) is 105. The number of nitrogens with zero attached hydrogens (tertiary/aromatic N) is 10. The Morgan fingerprint density at radius 1 is 0.307 bits per heavy atom. The molecule has 10 aromatic carbocycles. The number of pyridine rings is 4. The number of halogens is 3. The third-order valence-corrected chi connectivity index (χ3v) is 28.1. The second-order valence-corrected chi connectivity index (χ2v) is 38.4. The SMILES string of the molecule is C.CN1C(=O)C(Cc2ccc(-c3ccnc4c3C=CC4)cc2)NC(=O)c2cc(Cl)ccc21.CN1C(=O)C(Cc2ccc(C3=CCN=C3)cc2)NC(=O)c2cc(Cl)ccc21.COc1ccc2c(c1)C(=O)NC(Cc1ccc(-c3ccnc(C)c3)cc1)C(=O)N2C.COc1ccc2c(c1)C(=O)NC(Cc1ccc(-c3ccnc4c3C=CC4)cc1)C(=O)N2C.Cc1cc(-c2ccc(CC3NC(=O)c4cc(Cl)ccc4N(C)C3=O)cc2)ccn1. The van der Waals surface area contributed by atoms with Crippen molar-refractivity contribution in [3.8, 4) is 56.0 Å². The Morgan fingerprint density at radius 3 is 0.860 bits per heavy atom. The molecule has 150 heavy (non-hydrogen) atoms. The maximum Gasteiger partial charge on any atom is 0.254 e. The van der Waals surface area contributed by atoms with E-state index in [4.69, 9.17) is 44.3 Å². The first kappa shape index (κ1) is 104. The molecule has 10 heterocycles. The number of rotatable bonds is 17. The summed E-state index contributed by atoms with van der Waals surface area (Å²) >= 11 is 18.1. The summed E-state index contributed by atoms with van der Waals surface area (Å²) in [6.45, 7) is 4.64. The highest BCUT2D eigenvalue weighted by Gasteiger charge is 2.39. The number of likely N-dealkylation sites (N-methyl/N-ethyl adjacent to an activating group) is 5. The van der Waals surface area contributed by atoms with Crippen molar-refractivity contribution < 1.29 is 57.4 Å². The second-order valence-electron chi connectivity index (χ2n) is 37.0. The molecule has 0 bridgehead atoms. The number of aliphatic imine (C=N–C) groups is 1. The minimum atomic E-state index is -0.650. The lowest BCUT2D eigenvalue weighted by atomic mass is 9.97. The first-order chi connectivity index (χ1) is 72.0. The fourth-order valence-corrected chi connectivity index (χ4v) is 19.8. The van der Waals surface area contributed by atoms with Crippen LogP contribution in [0.25, 0.3) is 62.2 Å². The minimum absolute atomic E-state index is 0. The number of aromatic nitrogens is 4. The molecule has 0 saturated carbocycles. The number of nitrogens with one attached hydrogen (secondary N) is 5. The molecule has 5 atom stereocenters. The van der Waals surface area contributed by atoms with E-state index in [1.807, 2.05) is 166 Å². The maximum absolute atomic E-state index is 13.1. The summed E-state index contributed by atoms with van der Waals surface area (Å²) in [6, 6.07) is 74.3. The zero-order valence-corrected chi connectivity index (χ0v) is 85.3. The van der Waals surface area contributed by atoms with Crippen molar-refractivity contribution in [2.75, 3.05) is 80.5 Å². The average Bonchev–Trinajstić information content (AvgIpc) is 1.68. The fourth-order valence-electron chi connectivity index (χ4n) is 19.3. The van der Waals surface area contributed by atoms with Gasteiger partial charge in [0, 0.05) is 149 Å². The van der Waals surface area contributed by atoms with Crippen LogP contribution in [0.3, 0.4) is 0 Å². The molecule has 2 aliphatic carbocycles. The standard InChI is InChI=1S/C26H23N3O3.C25H20ClN3O2.C24H23N3O3.C23H20ClN3O2.C21H18ClN3O2.CH4/c1-29-24-11-10-18(32-2)15-21(24)25(30)28-23(26(29)31)14-16-6-8-17(9-7-16)19-12-13-27-22-5-3-4-20(19)22;1-29-23-10-9-17(26)14-20(23)24(30)28-22(25(29)31)13-15-5-7-16(8-6-15)18-11-12-27-21-4-2-3-19(18)21;1-15-12-18(10-11-25-15)17-6-4-16(5-7-17)13-21-24(29)27(2)22-9-8-19(30-3)14-20(22)23(28)26-21;1-14-11-17(9-10-25-14)16-5-3-15(4-6-16)12-20-23(29)27(2)21-8-7-18(24)13-19(21)22(28)26-20;1-25-19-7-6-16(22)11-17(19)20(26)24-18(21(25)27)10-13-2-4-14(5-3-13)15-8-9-23-12-15;/h3-4,6-13,15,23H,5,14H2,1-2H3,(H,28,30);2-3,5-12,14,22H,4,13H2,1H3,(H,28,30);4-12,14,21H,13H2,1-3H3,(H,26,28);3-11,13,20H,12H2,1-2H3,(H,26,28);2-8,11-12,18H,9-10H2,1H3,(H,24,26);1H4. The van der Waals surface area contributed by atoms with E-state index in [-0.39, 0.29) is 66.5 Å². The lowest BCUT2D eigenvalue weighted by molar-refractivity contribution is -0.120. The Balaban J connectivity index is 0.000000128. The van der Waals surface area contributed by atoms with Crippen LogP contribution < -0.4 is 60.6 Å². The number of benzene rings is 10. The van der Waals surface area contributed by atoms with Crippen LogP contribution in [0, 0.1) is 13.8 Å². The summed E-state index contributed by atoms with van der Waals surface area (Å²) in [5.74, 6) is -1.07. The summed E-state index contributed by atoms with van der Waals surface area (Å²) < 4.78 is 10.5. The Hall–Kier alpha value is -17.1. The van der Waals surface area contributed by atoms with Crippen molar-refractivity contribution in [3.05, 3.63) is 402 Å². The highest BCUT2D eigenvalue weighted by Crippen LogP contribution is 2.39. The third kappa shape index (κ3) is 23.1. The van der Waals surface area contributed by atoms with Gasteiger partial charge in [0.05, 0.1) is 88.4 Å². The first-order valence-corrected chi connectivity index (χ1v) is 49.6. The molecule has 4 aromatic heterocycles. The van der Waals surface area contributed by atoms with Gasteiger partial charge in [-0.15, -0.1) is 0 Å². The Labute approximate surface area is 884 Å². The van der Waals surface area contributed by atoms with E-state index in [2.05, 4.69) is 106 Å². The number of aryl methyl sites for hydroxylation is 2. The number of allylic oxidation sites excluding steroid dienone is 3. The number of amides is 10. The number of methoxy groups -OCH3 is 2. The van der Waals surface area contributed by atoms with Crippen molar-refractivity contribution in [1.82, 2.24) is 46.5 Å². The number of carbonyl (C=O) groups excluding carboxylic acids is 10. The number of anilines is 5. The molecule has 5 N–H and O–H groups in total. The Morgan fingerprint density at radius 2 is 0.580 bits per heavy atom. The molecule has 27 nitrogen and oxygen atoms in total. The normalized spacial score (nSPS) is 16.9. The van der Waals surface area contributed by atoms with Crippen LogP contribution in [0.5, 0.6) is 11.5 Å². The molecule has 14 aromatic rings. The number of fused-ring (bicyclic) bond motifs is 7. The van der Waals surface area contributed by atoms with Gasteiger partial charge >= 0.3 is 0 Å². The van der Waals surface area contributed by atoms with E-state index in [1.54, 1.807) is 153 Å². The van der Waals surface area contributed by atoms with Crippen molar-refractivity contribution in [2.45, 2.75) is 96.4 Å². The molecule has 0 radical (unpaired) electrons. The van der Waals surface area contributed by atoms with Gasteiger partial charge in [-0.2, -0.15) is 0 Å². The monoisotopic (exact) mass is 2060 g/mol. The highest BCUT2D eigenvalue weighted by molar-refractivity contribution is 6.32. The predicted octanol–water partition coefficient (Wildman–Crippen LogP) is 19.1. The van der Waals surface area contributed by atoms with Crippen molar-refractivity contribution in [2.24, 2.45) is 4.99 Å². The van der Waals surface area contributed by atoms with Gasteiger partial charge in [0.15, 0.2) is 0 Å². The Bertz CT molecular complexity index is 7770. The number of hydrogen-bond donors (Lipinski definition) is 5. The van der Waals surface area contributed by atoms with E-state index in [0.29, 0.717) is 115 Å². The molecule has 5 unspecified atom stereocenters. The second kappa shape index (κ2) is 45.9. The number of carbonyl (C=O) groups is 10. The van der Waals surface area contributed by atoms with Gasteiger partial charge in [0.2, 0.25) is 29.5 Å². The largest absolute Gasteiger partial charge is 0.497 e. The van der Waals surface area contributed by atoms with E-state index in [0.717, 1.165) is 126 Å². The highest BCUT2D eigenvalue weighted by atomic mass is 35.5. The molecule has 10 amide bonds. The van der Waals surface area contributed by atoms with E-state index < -0.39 is 30.2 Å². The molecule has 22 rings (SSSR count). The van der Waals surface area contributed by atoms with Crippen molar-refractivity contribution in [1.29, 1.82) is 0 Å². The summed E-state index contributed by atoms with van der Waals surface area (Å²) in [7, 11) is 11.5. The number of ether oxygens (including phenoxy) is 2. The van der Waals surface area contributed by atoms with Gasteiger partial charge in [-0.1, -0.05) is 194 Å². The van der Waals surface area contributed by atoms with Gasteiger partial charge in [-0.3, -0.25) is 72.9 Å². The minimum Gasteiger partial charge on any atom is -0.497 e. The molecule has 0 fully saturated rings. The van der Waals surface area contributed by atoms with Crippen molar-refractivity contribution in [3.63, 3.8) is 0 Å². The average molecular weight is 2060 g/mol. The zero-order valence-electron chi connectivity index (χ0n) is 83.0. The summed E-state index contributed by atoms with van der Waals surface area (Å²) in [4.78, 5) is 158. The smallest absolute Gasteiger partial charge is 0.254 e. The molecule has 0 saturated heterocycles. The Kier molecular flexibility index (Phi) is 31.9. The maximum atomic E-state index is 13.1. The lowest BCUT2D eigenvalue weighted by Crippen LogP contribution is -2.45. The topological polar surface area (TPSA) is 329 Å². The summed E-state index contributed by atoms with van der Waals surface area (Å²) in [5.41, 5.74) is 27.3. The van der Waals surface area contributed by atoms with Gasteiger partial charge in [0.1, 0.15) is 41.7 Å². The summed E-state index contributed by atoms with van der Waals surface area (Å²) in [6.07, 6.45) is 23.5. The van der Waals surface area contributed by atoms with Gasteiger partial charge in [0.25, 0.3) is 29.5 Å². The van der Waals surface area contributed by atoms with Crippen LogP contribution in [-0.4, -0.2) is 171 Å². The van der Waals surface area contributed by atoms with Crippen LogP contribution in [0.2, 0.25) is 15.1 Å². The molecular weight excluding hydrogens is 1950 g/mol. The predicted molar refractivity (Wildman–Crippen MR) is 590 cm³/mol. The van der Waals surface area contributed by atoms with E-state index >= 15 is 0 Å². The van der Waals surface area contributed by atoms with Crippen LogP contribution in [0.15, 0.2) is 297 Å². The summed E-state index contributed by atoms with van der Waals surface area (Å²) in [5, 5.41) is 15.7. The fraction of sp³-hybridized carbons (Fsp3) is 0.192. The molecule has 756 valence electrons. The molecule has 6 aliphatic heterocycles. The first-order valence-electron chi connectivity index (χ1n) is 48.4.